The molecule has 7 nitrogen and oxygen atoms in total. The second kappa shape index (κ2) is 9.79. The highest BCUT2D eigenvalue weighted by atomic mass is 32.2. The van der Waals surface area contributed by atoms with Gasteiger partial charge in [-0.2, -0.15) is 0 Å². The molecular formula is C25H27N5O2S. The third kappa shape index (κ3) is 5.11. The zero-order valence-electron chi connectivity index (χ0n) is 18.4. The number of hydrogen-bond donors (Lipinski definition) is 2. The third-order valence-corrected chi connectivity index (χ3v) is 7.01. The van der Waals surface area contributed by atoms with E-state index >= 15 is 0 Å². The molecule has 1 aromatic heterocycles. The van der Waals surface area contributed by atoms with Gasteiger partial charge < -0.3 is 10.6 Å². The quantitative estimate of drug-likeness (QED) is 0.481. The van der Waals surface area contributed by atoms with E-state index in [0.717, 1.165) is 50.0 Å². The average Bonchev–Trinajstić information content (AvgIpc) is 3.38. The predicted octanol–water partition coefficient (Wildman–Crippen LogP) is 4.55. The summed E-state index contributed by atoms with van der Waals surface area (Å²) in [6, 6.07) is 17.4. The first-order valence-electron chi connectivity index (χ1n) is 11.5. The summed E-state index contributed by atoms with van der Waals surface area (Å²) < 4.78 is 2.05. The van der Waals surface area contributed by atoms with Crippen LogP contribution < -0.4 is 10.6 Å². The fourth-order valence-corrected chi connectivity index (χ4v) is 5.00. The molecule has 0 atom stereocenters. The van der Waals surface area contributed by atoms with E-state index in [4.69, 9.17) is 0 Å². The van der Waals surface area contributed by atoms with Crippen LogP contribution in [0.25, 0.3) is 5.69 Å². The number of carbonyl (C=O) groups excluding carboxylic acids is 2. The molecule has 1 heterocycles. The standard InChI is InChI=1S/C25H27N5O2S/c31-22(27-21-13-7-6-12-20(21)24(32)26-18-8-4-5-9-18)16-33-25-29-28-23(17-14-15-17)30(25)19-10-2-1-3-11-19/h1-3,6-7,10-13,17-18H,4-5,8-9,14-16H2,(H,26,32)(H,27,31). The molecule has 2 aliphatic carbocycles. The van der Waals surface area contributed by atoms with Gasteiger partial charge in [0, 0.05) is 17.6 Å². The van der Waals surface area contributed by atoms with Crippen molar-refractivity contribution in [1.29, 1.82) is 0 Å². The minimum absolute atomic E-state index is 0.136. The van der Waals surface area contributed by atoms with Gasteiger partial charge in [-0.15, -0.1) is 10.2 Å². The van der Waals surface area contributed by atoms with Gasteiger partial charge in [-0.3, -0.25) is 14.2 Å². The lowest BCUT2D eigenvalue weighted by Crippen LogP contribution is -2.33. The molecule has 2 N–H and O–H groups in total. The van der Waals surface area contributed by atoms with E-state index < -0.39 is 0 Å². The lowest BCUT2D eigenvalue weighted by molar-refractivity contribution is -0.113. The van der Waals surface area contributed by atoms with Crippen LogP contribution in [0.4, 0.5) is 5.69 Å². The summed E-state index contributed by atoms with van der Waals surface area (Å²) in [5.41, 5.74) is 2.02. The number of carbonyl (C=O) groups is 2. The summed E-state index contributed by atoms with van der Waals surface area (Å²) in [6.07, 6.45) is 6.57. The van der Waals surface area contributed by atoms with Gasteiger partial charge in [0.2, 0.25) is 5.91 Å². The molecular weight excluding hydrogens is 434 g/mol. The third-order valence-electron chi connectivity index (χ3n) is 6.08. The van der Waals surface area contributed by atoms with Crippen LogP contribution in [0.1, 0.15) is 60.6 Å². The number of benzene rings is 2. The lowest BCUT2D eigenvalue weighted by atomic mass is 10.1. The summed E-state index contributed by atoms with van der Waals surface area (Å²) in [7, 11) is 0. The van der Waals surface area contributed by atoms with Gasteiger partial charge in [-0.25, -0.2) is 0 Å². The normalized spacial score (nSPS) is 16.0. The van der Waals surface area contributed by atoms with E-state index in [1.807, 2.05) is 42.5 Å². The molecule has 0 spiro atoms. The highest BCUT2D eigenvalue weighted by molar-refractivity contribution is 7.99. The molecule has 2 aromatic carbocycles. The minimum Gasteiger partial charge on any atom is -0.349 e. The second-order valence-electron chi connectivity index (χ2n) is 8.62. The molecule has 2 saturated carbocycles. The highest BCUT2D eigenvalue weighted by Gasteiger charge is 2.31. The van der Waals surface area contributed by atoms with Gasteiger partial charge in [-0.05, 0) is 49.9 Å². The molecule has 2 aliphatic rings. The monoisotopic (exact) mass is 461 g/mol. The summed E-state index contributed by atoms with van der Waals surface area (Å²) >= 11 is 1.35. The number of para-hydroxylation sites is 2. The van der Waals surface area contributed by atoms with Crippen LogP contribution in [0.5, 0.6) is 0 Å². The smallest absolute Gasteiger partial charge is 0.253 e. The van der Waals surface area contributed by atoms with Crippen molar-refractivity contribution in [2.75, 3.05) is 11.1 Å². The van der Waals surface area contributed by atoms with Crippen LogP contribution in [0.15, 0.2) is 59.8 Å². The molecule has 0 aliphatic heterocycles. The Kier molecular flexibility index (Phi) is 6.44. The van der Waals surface area contributed by atoms with Crippen LogP contribution >= 0.6 is 11.8 Å². The number of thioether (sulfide) groups is 1. The van der Waals surface area contributed by atoms with Gasteiger partial charge in [0.25, 0.3) is 5.91 Å². The maximum Gasteiger partial charge on any atom is 0.253 e. The van der Waals surface area contributed by atoms with Crippen LogP contribution in [0, 0.1) is 0 Å². The largest absolute Gasteiger partial charge is 0.349 e. The van der Waals surface area contributed by atoms with Crippen LogP contribution in [0.2, 0.25) is 0 Å². The number of nitrogens with one attached hydrogen (secondary N) is 2. The van der Waals surface area contributed by atoms with Crippen molar-refractivity contribution in [3.8, 4) is 5.69 Å². The number of nitrogens with zero attached hydrogens (tertiary/aromatic N) is 3. The molecule has 170 valence electrons. The summed E-state index contributed by atoms with van der Waals surface area (Å²) in [6.45, 7) is 0. The Balaban J connectivity index is 1.26. The Morgan fingerprint density at radius 3 is 2.42 bits per heavy atom. The van der Waals surface area contributed by atoms with E-state index in [2.05, 4.69) is 25.4 Å². The lowest BCUT2D eigenvalue weighted by Gasteiger charge is -2.15. The van der Waals surface area contributed by atoms with Crippen molar-refractivity contribution in [2.24, 2.45) is 0 Å². The first-order chi connectivity index (χ1) is 16.2. The zero-order valence-corrected chi connectivity index (χ0v) is 19.2. The molecule has 5 rings (SSSR count). The van der Waals surface area contributed by atoms with Crippen LogP contribution in [-0.2, 0) is 4.79 Å². The highest BCUT2D eigenvalue weighted by Crippen LogP contribution is 2.41. The molecule has 2 amide bonds. The van der Waals surface area contributed by atoms with Gasteiger partial charge in [-0.1, -0.05) is 54.9 Å². The second-order valence-corrected chi connectivity index (χ2v) is 9.57. The van der Waals surface area contributed by atoms with E-state index in [0.29, 0.717) is 22.3 Å². The van der Waals surface area contributed by atoms with Crippen molar-refractivity contribution in [3.05, 3.63) is 66.0 Å². The number of aromatic nitrogens is 3. The average molecular weight is 462 g/mol. The molecule has 0 unspecified atom stereocenters. The maximum absolute atomic E-state index is 12.8. The minimum atomic E-state index is -0.184. The van der Waals surface area contributed by atoms with E-state index in [-0.39, 0.29) is 23.6 Å². The Morgan fingerprint density at radius 1 is 0.939 bits per heavy atom. The number of rotatable bonds is 8. The van der Waals surface area contributed by atoms with Crippen LogP contribution in [0.3, 0.4) is 0 Å². The fourth-order valence-electron chi connectivity index (χ4n) is 4.24. The van der Waals surface area contributed by atoms with E-state index in [9.17, 15) is 9.59 Å². The van der Waals surface area contributed by atoms with E-state index in [1.165, 1.54) is 11.8 Å². The molecule has 8 heteroatoms. The molecule has 2 fully saturated rings. The van der Waals surface area contributed by atoms with Gasteiger partial charge in [0.1, 0.15) is 5.82 Å². The summed E-state index contributed by atoms with van der Waals surface area (Å²) in [5, 5.41) is 15.5. The Labute approximate surface area is 197 Å². The molecule has 33 heavy (non-hydrogen) atoms. The van der Waals surface area contributed by atoms with Gasteiger partial charge in [0.05, 0.1) is 17.0 Å². The predicted molar refractivity (Wildman–Crippen MR) is 129 cm³/mol. The van der Waals surface area contributed by atoms with Crippen molar-refractivity contribution < 1.29 is 9.59 Å². The Morgan fingerprint density at radius 2 is 1.67 bits per heavy atom. The van der Waals surface area contributed by atoms with E-state index in [1.54, 1.807) is 12.1 Å². The van der Waals surface area contributed by atoms with Crippen LogP contribution in [-0.4, -0.2) is 38.4 Å². The molecule has 0 saturated heterocycles. The van der Waals surface area contributed by atoms with Gasteiger partial charge >= 0.3 is 0 Å². The Hall–Kier alpha value is -3.13. The van der Waals surface area contributed by atoms with Crippen molar-refractivity contribution >= 4 is 29.3 Å². The number of anilines is 1. The maximum atomic E-state index is 12.8. The summed E-state index contributed by atoms with van der Waals surface area (Å²) in [4.78, 5) is 25.6. The molecule has 0 radical (unpaired) electrons. The van der Waals surface area contributed by atoms with Crippen molar-refractivity contribution in [1.82, 2.24) is 20.1 Å². The number of amides is 2. The summed E-state index contributed by atoms with van der Waals surface area (Å²) in [5.74, 6) is 1.25. The SMILES string of the molecule is O=C(CSc1nnc(C2CC2)n1-c1ccccc1)Nc1ccccc1C(=O)NC1CCCC1. The van der Waals surface area contributed by atoms with Crippen molar-refractivity contribution in [2.45, 2.75) is 55.6 Å². The zero-order chi connectivity index (χ0) is 22.6. The van der Waals surface area contributed by atoms with Gasteiger partial charge in [0.15, 0.2) is 5.16 Å². The Bertz CT molecular complexity index is 1140. The fraction of sp³-hybridized carbons (Fsp3) is 0.360. The molecule has 0 bridgehead atoms. The first-order valence-corrected chi connectivity index (χ1v) is 12.5. The molecule has 3 aromatic rings. The topological polar surface area (TPSA) is 88.9 Å². The number of hydrogen-bond acceptors (Lipinski definition) is 5. The first kappa shape index (κ1) is 21.7. The van der Waals surface area contributed by atoms with Crippen molar-refractivity contribution in [3.63, 3.8) is 0 Å².